The highest BCUT2D eigenvalue weighted by atomic mass is 16.5. The maximum absolute atomic E-state index is 12.2. The zero-order valence-electron chi connectivity index (χ0n) is 20.2. The molecule has 36 heavy (non-hydrogen) atoms. The molecule has 0 aliphatic carbocycles. The lowest BCUT2D eigenvalue weighted by atomic mass is 9.94. The van der Waals surface area contributed by atoms with Crippen molar-refractivity contribution in [2.24, 2.45) is 0 Å². The van der Waals surface area contributed by atoms with Gasteiger partial charge in [-0.2, -0.15) is 0 Å². The molecule has 1 N–H and O–H groups in total. The second-order valence-corrected chi connectivity index (χ2v) is 8.81. The van der Waals surface area contributed by atoms with Crippen LogP contribution in [0.3, 0.4) is 0 Å². The van der Waals surface area contributed by atoms with Crippen LogP contribution in [0.1, 0.15) is 40.1 Å². The van der Waals surface area contributed by atoms with Gasteiger partial charge in [-0.25, -0.2) is 9.59 Å². The average molecular weight is 475 g/mol. The van der Waals surface area contributed by atoms with Gasteiger partial charge in [0.1, 0.15) is 0 Å². The Morgan fingerprint density at radius 1 is 0.611 bits per heavy atom. The van der Waals surface area contributed by atoms with E-state index in [0.717, 1.165) is 33.7 Å². The molecular formula is C32H26O4. The average Bonchev–Trinajstić information content (AvgIpc) is 2.91. The topological polar surface area (TPSA) is 63.6 Å². The van der Waals surface area contributed by atoms with E-state index in [0.29, 0.717) is 0 Å². The summed E-state index contributed by atoms with van der Waals surface area (Å²) in [6.07, 6.45) is 1.03. The van der Waals surface area contributed by atoms with Crippen LogP contribution >= 0.6 is 0 Å². The Morgan fingerprint density at radius 2 is 1.14 bits per heavy atom. The van der Waals surface area contributed by atoms with Crippen molar-refractivity contribution in [2.45, 2.75) is 20.3 Å². The SMILES string of the molecule is CCOC(=O)c1ccc(-c2ccc3cc4cc(-c5ccc(CC)cc5)ccc4cc3c2)cc1C(=O)O. The molecule has 0 bridgehead atoms. The Labute approximate surface area is 209 Å². The Hall–Kier alpha value is -4.44. The van der Waals surface area contributed by atoms with Gasteiger partial charge in [0.2, 0.25) is 0 Å². The van der Waals surface area contributed by atoms with Crippen LogP contribution in [-0.4, -0.2) is 23.7 Å². The zero-order valence-corrected chi connectivity index (χ0v) is 20.2. The van der Waals surface area contributed by atoms with Crippen LogP contribution in [0.5, 0.6) is 0 Å². The van der Waals surface area contributed by atoms with Gasteiger partial charge >= 0.3 is 11.9 Å². The normalized spacial score (nSPS) is 11.1. The molecule has 0 fully saturated rings. The number of esters is 1. The number of fused-ring (bicyclic) bond motifs is 2. The Bertz CT molecular complexity index is 1610. The summed E-state index contributed by atoms with van der Waals surface area (Å²) in [6.45, 7) is 4.03. The van der Waals surface area contributed by atoms with Crippen molar-refractivity contribution in [3.63, 3.8) is 0 Å². The minimum atomic E-state index is -1.16. The number of carboxylic acid groups (broad SMARTS) is 1. The first kappa shape index (κ1) is 23.3. The van der Waals surface area contributed by atoms with Gasteiger partial charge in [0, 0.05) is 0 Å². The van der Waals surface area contributed by atoms with Gasteiger partial charge in [-0.05, 0) is 99.1 Å². The maximum atomic E-state index is 12.2. The minimum absolute atomic E-state index is 0.0556. The number of rotatable bonds is 6. The number of ether oxygens (including phenoxy) is 1. The third kappa shape index (κ3) is 4.46. The highest BCUT2D eigenvalue weighted by Gasteiger charge is 2.18. The summed E-state index contributed by atoms with van der Waals surface area (Å²) < 4.78 is 5.01. The molecule has 0 aliphatic heterocycles. The zero-order chi connectivity index (χ0) is 25.2. The number of hydrogen-bond acceptors (Lipinski definition) is 3. The molecule has 0 amide bonds. The summed E-state index contributed by atoms with van der Waals surface area (Å²) in [5, 5.41) is 14.1. The van der Waals surface area contributed by atoms with Crippen molar-refractivity contribution < 1.29 is 19.4 Å². The summed E-state index contributed by atoms with van der Waals surface area (Å²) in [5.41, 5.74) is 5.31. The largest absolute Gasteiger partial charge is 0.478 e. The number of benzene rings is 5. The molecule has 0 saturated carbocycles. The lowest BCUT2D eigenvalue weighted by molar-refractivity contribution is 0.0514. The number of carboxylic acids is 1. The number of carbonyl (C=O) groups excluding carboxylic acids is 1. The fraction of sp³-hybridized carbons (Fsp3) is 0.125. The van der Waals surface area contributed by atoms with Crippen LogP contribution in [0.15, 0.2) is 91.0 Å². The Morgan fingerprint density at radius 3 is 1.69 bits per heavy atom. The van der Waals surface area contributed by atoms with Gasteiger partial charge in [0.05, 0.1) is 17.7 Å². The third-order valence-electron chi connectivity index (χ3n) is 6.57. The minimum Gasteiger partial charge on any atom is -0.478 e. The van der Waals surface area contributed by atoms with Gasteiger partial charge in [0.25, 0.3) is 0 Å². The highest BCUT2D eigenvalue weighted by molar-refractivity contribution is 6.04. The smallest absolute Gasteiger partial charge is 0.338 e. The number of carbonyl (C=O) groups is 2. The number of aromatic carboxylic acids is 1. The molecule has 4 heteroatoms. The summed E-state index contributed by atoms with van der Waals surface area (Å²) >= 11 is 0. The van der Waals surface area contributed by atoms with Crippen molar-refractivity contribution in [2.75, 3.05) is 6.61 Å². The van der Waals surface area contributed by atoms with Crippen LogP contribution in [0.2, 0.25) is 0 Å². The predicted octanol–water partition coefficient (Wildman–Crippen LogP) is 7.76. The van der Waals surface area contributed by atoms with E-state index in [1.165, 1.54) is 34.2 Å². The van der Waals surface area contributed by atoms with E-state index in [2.05, 4.69) is 67.6 Å². The molecular weight excluding hydrogens is 448 g/mol. The van der Waals surface area contributed by atoms with Crippen LogP contribution in [0.4, 0.5) is 0 Å². The lowest BCUT2D eigenvalue weighted by Crippen LogP contribution is -2.11. The summed E-state index contributed by atoms with van der Waals surface area (Å²) in [6, 6.07) is 30.4. The molecule has 0 saturated heterocycles. The highest BCUT2D eigenvalue weighted by Crippen LogP contribution is 2.31. The number of hydrogen-bond donors (Lipinski definition) is 1. The molecule has 0 aliphatic rings. The van der Waals surface area contributed by atoms with Crippen molar-refractivity contribution in [3.8, 4) is 22.3 Å². The first-order valence-corrected chi connectivity index (χ1v) is 12.1. The van der Waals surface area contributed by atoms with E-state index in [4.69, 9.17) is 4.74 Å². The Balaban J connectivity index is 1.53. The summed E-state index contributed by atoms with van der Waals surface area (Å²) in [7, 11) is 0. The predicted molar refractivity (Wildman–Crippen MR) is 145 cm³/mol. The molecule has 178 valence electrons. The first-order chi connectivity index (χ1) is 17.5. The van der Waals surface area contributed by atoms with Gasteiger partial charge < -0.3 is 9.84 Å². The standard InChI is InChI=1S/C32H26O4/c1-3-20-5-7-21(8-6-20)22-9-11-24-18-28-16-23(10-12-25(28)17-27(24)15-22)26-13-14-29(32(35)36-4-2)30(19-26)31(33)34/h5-19H,3-4H2,1-2H3,(H,33,34). The molecule has 5 aromatic rings. The van der Waals surface area contributed by atoms with Gasteiger partial charge in [-0.1, -0.05) is 61.5 Å². The first-order valence-electron chi connectivity index (χ1n) is 12.1. The van der Waals surface area contributed by atoms with Crippen molar-refractivity contribution in [3.05, 3.63) is 108 Å². The van der Waals surface area contributed by atoms with E-state index < -0.39 is 11.9 Å². The molecule has 0 radical (unpaired) electrons. The van der Waals surface area contributed by atoms with Crippen molar-refractivity contribution in [1.29, 1.82) is 0 Å². The lowest BCUT2D eigenvalue weighted by Gasteiger charge is -2.10. The monoisotopic (exact) mass is 474 g/mol. The van der Waals surface area contributed by atoms with Gasteiger partial charge in [0.15, 0.2) is 0 Å². The maximum Gasteiger partial charge on any atom is 0.338 e. The van der Waals surface area contributed by atoms with E-state index in [-0.39, 0.29) is 17.7 Å². The van der Waals surface area contributed by atoms with Crippen LogP contribution < -0.4 is 0 Å². The fourth-order valence-corrected chi connectivity index (χ4v) is 4.58. The van der Waals surface area contributed by atoms with Crippen molar-refractivity contribution in [1.82, 2.24) is 0 Å². The van der Waals surface area contributed by atoms with Gasteiger partial charge in [-0.3, -0.25) is 0 Å². The molecule has 5 rings (SSSR count). The van der Waals surface area contributed by atoms with Gasteiger partial charge in [-0.15, -0.1) is 0 Å². The van der Waals surface area contributed by atoms with Crippen LogP contribution in [0.25, 0.3) is 43.8 Å². The van der Waals surface area contributed by atoms with Crippen molar-refractivity contribution >= 4 is 33.5 Å². The van der Waals surface area contributed by atoms with E-state index in [9.17, 15) is 14.7 Å². The molecule has 0 heterocycles. The van der Waals surface area contributed by atoms with E-state index >= 15 is 0 Å². The van der Waals surface area contributed by atoms with E-state index in [1.54, 1.807) is 13.0 Å². The summed E-state index contributed by atoms with van der Waals surface area (Å²) in [4.78, 5) is 24.0. The van der Waals surface area contributed by atoms with Crippen LogP contribution in [0, 0.1) is 0 Å². The van der Waals surface area contributed by atoms with Crippen LogP contribution in [-0.2, 0) is 11.2 Å². The molecule has 4 nitrogen and oxygen atoms in total. The second kappa shape index (κ2) is 9.67. The quantitative estimate of drug-likeness (QED) is 0.202. The molecule has 5 aromatic carbocycles. The Kier molecular flexibility index (Phi) is 6.26. The number of aryl methyl sites for hydroxylation is 1. The molecule has 0 atom stereocenters. The fourth-order valence-electron chi connectivity index (χ4n) is 4.58. The molecule has 0 aromatic heterocycles. The molecule has 0 spiro atoms. The molecule has 0 unspecified atom stereocenters. The second-order valence-electron chi connectivity index (χ2n) is 8.81. The summed E-state index contributed by atoms with van der Waals surface area (Å²) in [5.74, 6) is -1.79. The third-order valence-corrected chi connectivity index (χ3v) is 6.57. The van der Waals surface area contributed by atoms with E-state index in [1.807, 2.05) is 12.1 Å².